The molecule has 0 aromatic heterocycles. The Balaban J connectivity index is 0. The number of hydrogen-bond acceptors (Lipinski definition) is 2. The van der Waals surface area contributed by atoms with Gasteiger partial charge < -0.3 is 0 Å². The van der Waals surface area contributed by atoms with Gasteiger partial charge in [0.05, 0.1) is 0 Å². The third kappa shape index (κ3) is 13.4. The number of rotatable bonds is 0. The van der Waals surface area contributed by atoms with E-state index >= 15 is 0 Å². The normalized spacial score (nSPS) is 2.25. The fraction of sp³-hybridized carbons (Fsp3) is 0. The zero-order valence-corrected chi connectivity index (χ0v) is 8.16. The Bertz CT molecular complexity index is 8.00. The molecule has 0 amide bonds. The predicted molar refractivity (Wildman–Crippen MR) is 8.52 cm³/mol. The van der Waals surface area contributed by atoms with Crippen molar-refractivity contribution in [1.82, 2.24) is 0 Å². The van der Waals surface area contributed by atoms with E-state index in [4.69, 9.17) is 7.11 Å². The molecule has 0 fully saturated rings. The van der Waals surface area contributed by atoms with Gasteiger partial charge in [0.1, 0.15) is 0 Å². The predicted octanol–water partition coefficient (Wildman–Crippen LogP) is -0.889. The summed E-state index contributed by atoms with van der Waals surface area (Å²) < 4.78 is 16.8. The molecule has 0 spiro atoms. The van der Waals surface area contributed by atoms with E-state index in [1.165, 1.54) is 0 Å². The summed E-state index contributed by atoms with van der Waals surface area (Å²) in [5.41, 5.74) is 0. The van der Waals surface area contributed by atoms with Gasteiger partial charge in [0.15, 0.2) is 0 Å². The average molecular weight is 168 g/mol. The Hall–Kier alpha value is 0.860. The van der Waals surface area contributed by atoms with E-state index in [1.807, 2.05) is 0 Å². The fourth-order valence-electron chi connectivity index (χ4n) is 0. The van der Waals surface area contributed by atoms with Crippen molar-refractivity contribution in [3.05, 3.63) is 0 Å². The minimum absolute atomic E-state index is 0.125. The van der Waals surface area contributed by atoms with E-state index in [-0.39, 0.29) is 36.8 Å². The van der Waals surface area contributed by atoms with Crippen LogP contribution in [0.4, 0.5) is 0 Å². The Labute approximate surface area is 44.1 Å². The van der Waals surface area contributed by atoms with Crippen LogP contribution in [-0.4, -0.2) is 18.6 Å². The van der Waals surface area contributed by atoms with Crippen LogP contribution < -0.4 is 0 Å². The van der Waals surface area contributed by atoms with Crippen LogP contribution in [0.1, 0.15) is 0 Å². The van der Waals surface area contributed by atoms with Crippen molar-refractivity contribution >= 4 is 18.6 Å². The molecule has 0 N–H and O–H groups in total. The van der Waals surface area contributed by atoms with E-state index in [0.29, 0.717) is 0 Å². The Morgan fingerprint density at radius 1 is 1.25 bits per heavy atom. The van der Waals surface area contributed by atoms with Crippen LogP contribution in [0.15, 0.2) is 0 Å². The molecule has 0 bridgehead atoms. The summed E-state index contributed by atoms with van der Waals surface area (Å²) in [6, 6.07) is 0. The van der Waals surface area contributed by atoms with E-state index in [0.717, 1.165) is 0 Å². The van der Waals surface area contributed by atoms with E-state index in [1.54, 1.807) is 0 Å². The van der Waals surface area contributed by atoms with Crippen LogP contribution in [0.3, 0.4) is 0 Å². The van der Waals surface area contributed by atoms with Crippen molar-refractivity contribution in [2.75, 3.05) is 0 Å². The Morgan fingerprint density at radius 2 is 1.25 bits per heavy atom. The van der Waals surface area contributed by atoms with Gasteiger partial charge in [-0.1, -0.05) is 0 Å². The monoisotopic (exact) mass is 166 g/mol. The van der Waals surface area contributed by atoms with Gasteiger partial charge in [-0.05, 0) is 0 Å². The van der Waals surface area contributed by atoms with Crippen LogP contribution in [0.2, 0.25) is 0 Å². The van der Waals surface area contributed by atoms with Crippen molar-refractivity contribution in [3.8, 4) is 0 Å². The van der Waals surface area contributed by atoms with Gasteiger partial charge in [0.2, 0.25) is 0 Å². The third-order valence-corrected chi connectivity index (χ3v) is 0. The Kier molecular flexibility index (Phi) is 94.5. The summed E-state index contributed by atoms with van der Waals surface area (Å²) in [5, 5.41) is 0. The zero-order valence-electron chi connectivity index (χ0n) is 2.23. The van der Waals surface area contributed by atoms with Crippen LogP contribution in [0.25, 0.3) is 0 Å². The van der Waals surface area contributed by atoms with Crippen molar-refractivity contribution in [2.24, 2.45) is 0 Å². The third-order valence-electron chi connectivity index (χ3n) is 0. The summed E-state index contributed by atoms with van der Waals surface area (Å²) in [5.74, 6) is 0. The molecule has 0 saturated carbocycles. The SMILES string of the molecule is [O]=[GaH].[O]=[Zn]. The zero-order chi connectivity index (χ0) is 4.00. The Morgan fingerprint density at radius 3 is 1.25 bits per heavy atom. The maximum absolute atomic E-state index is 8.38. The van der Waals surface area contributed by atoms with Crippen molar-refractivity contribution in [2.45, 2.75) is 0 Å². The van der Waals surface area contributed by atoms with Gasteiger partial charge in [-0.3, -0.25) is 0 Å². The molecule has 0 heterocycles. The van der Waals surface area contributed by atoms with Gasteiger partial charge in [-0.25, -0.2) is 0 Å². The van der Waals surface area contributed by atoms with Crippen molar-refractivity contribution < 1.29 is 25.4 Å². The average Bonchev–Trinajstić information content (AvgIpc) is 1.50. The summed E-state index contributed by atoms with van der Waals surface area (Å²) in [6.45, 7) is 0. The van der Waals surface area contributed by atoms with Crippen LogP contribution >= 0.6 is 0 Å². The second kappa shape index (κ2) is 42.7. The molecule has 0 saturated heterocycles. The molecule has 0 aliphatic heterocycles. The first-order chi connectivity index (χ1) is 2.00. The molecular formula is HGaO2Zn. The molecule has 0 unspecified atom stereocenters. The fourth-order valence-corrected chi connectivity index (χ4v) is 0. The van der Waals surface area contributed by atoms with Crippen LogP contribution in [0.5, 0.6) is 0 Å². The topological polar surface area (TPSA) is 34.1 Å². The van der Waals surface area contributed by atoms with Gasteiger partial charge in [-0.15, -0.1) is 0 Å². The first-order valence-corrected chi connectivity index (χ1v) is 3.00. The van der Waals surface area contributed by atoms with Gasteiger partial charge >= 0.3 is 43.9 Å². The molecule has 4 heteroatoms. The molecule has 0 aromatic rings. The minimum atomic E-state index is 0.125. The first-order valence-electron chi connectivity index (χ1n) is 0.577. The van der Waals surface area contributed by atoms with Gasteiger partial charge in [-0.2, -0.15) is 0 Å². The quantitative estimate of drug-likeness (QED) is 0.440. The summed E-state index contributed by atoms with van der Waals surface area (Å²) in [7, 11) is 0. The summed E-state index contributed by atoms with van der Waals surface area (Å²) >= 11 is 0.250. The second-order valence-corrected chi connectivity index (χ2v) is 0. The first kappa shape index (κ1) is 8.85. The van der Waals surface area contributed by atoms with E-state index < -0.39 is 0 Å². The van der Waals surface area contributed by atoms with Crippen LogP contribution in [0, 0.1) is 0 Å². The molecule has 4 heavy (non-hydrogen) atoms. The number of hydrogen-bond donors (Lipinski definition) is 0. The molecule has 0 aliphatic rings. The van der Waals surface area contributed by atoms with Crippen LogP contribution in [-0.2, 0) is 25.4 Å². The van der Waals surface area contributed by atoms with Gasteiger partial charge in [0, 0.05) is 0 Å². The maximum atomic E-state index is 8.38. The molecule has 0 radical (unpaired) electrons. The van der Waals surface area contributed by atoms with E-state index in [2.05, 4.69) is 0 Å². The molecule has 18 valence electrons. The second-order valence-electron chi connectivity index (χ2n) is 0. The molecule has 0 aromatic carbocycles. The summed E-state index contributed by atoms with van der Waals surface area (Å²) in [6.07, 6.45) is 0. The van der Waals surface area contributed by atoms with Gasteiger partial charge in [0.25, 0.3) is 0 Å². The summed E-state index contributed by atoms with van der Waals surface area (Å²) in [4.78, 5) is 0. The van der Waals surface area contributed by atoms with E-state index in [9.17, 15) is 0 Å². The molecule has 2 nitrogen and oxygen atoms in total. The molecule has 0 rings (SSSR count). The van der Waals surface area contributed by atoms with Crippen molar-refractivity contribution in [3.63, 3.8) is 0 Å². The molecule has 0 atom stereocenters. The molecular weight excluding hydrogens is 167 g/mol. The van der Waals surface area contributed by atoms with Crippen molar-refractivity contribution in [1.29, 1.82) is 0 Å². The standard InChI is InChI=1S/Ga.2O.Zn.H. The molecule has 0 aliphatic carbocycles.